The summed E-state index contributed by atoms with van der Waals surface area (Å²) in [5.74, 6) is 1.01. The minimum Gasteiger partial charge on any atom is -0.466 e. The number of amides is 2. The molecular weight excluding hydrogens is 512 g/mol. The van der Waals surface area contributed by atoms with Crippen LogP contribution in [0.25, 0.3) is 17.2 Å². The molecule has 0 spiro atoms. The van der Waals surface area contributed by atoms with Crippen LogP contribution in [0.1, 0.15) is 81.4 Å². The second kappa shape index (κ2) is 12.7. The Kier molecular flexibility index (Phi) is 8.62. The quantitative estimate of drug-likeness (QED) is 0.185. The second-order valence-corrected chi connectivity index (χ2v) is 9.97. The van der Waals surface area contributed by atoms with Gasteiger partial charge in [-0.05, 0) is 51.2 Å². The fourth-order valence-electron chi connectivity index (χ4n) is 5.14. The summed E-state index contributed by atoms with van der Waals surface area (Å²) in [6, 6.07) is 3.29. The summed E-state index contributed by atoms with van der Waals surface area (Å²) >= 11 is 0. The minimum atomic E-state index is -0.385. The van der Waals surface area contributed by atoms with Gasteiger partial charge in [0.25, 0.3) is 5.89 Å². The van der Waals surface area contributed by atoms with Gasteiger partial charge in [0.15, 0.2) is 5.65 Å². The second-order valence-electron chi connectivity index (χ2n) is 9.97. The lowest BCUT2D eigenvalue weighted by molar-refractivity contribution is -0.143. The lowest BCUT2D eigenvalue weighted by Crippen LogP contribution is -2.22. The predicted molar refractivity (Wildman–Crippen MR) is 148 cm³/mol. The molecule has 1 saturated carbocycles. The summed E-state index contributed by atoms with van der Waals surface area (Å²) in [6.07, 6.45) is 12.9. The van der Waals surface area contributed by atoms with Crippen LogP contribution in [-0.2, 0) is 16.0 Å². The number of urea groups is 1. The molecule has 0 bridgehead atoms. The molecule has 4 aromatic rings. The van der Waals surface area contributed by atoms with Crippen LogP contribution < -0.4 is 10.6 Å². The number of aryl methyl sites for hydroxylation is 2. The van der Waals surface area contributed by atoms with E-state index >= 15 is 0 Å². The number of hydrogen-bond donors (Lipinski definition) is 2. The maximum absolute atomic E-state index is 12.9. The van der Waals surface area contributed by atoms with Crippen molar-refractivity contribution in [1.29, 1.82) is 0 Å². The number of carbonyl (C=O) groups excluding carboxylic acids is 2. The lowest BCUT2D eigenvalue weighted by Gasteiger charge is -2.17. The fourth-order valence-corrected chi connectivity index (χ4v) is 5.14. The van der Waals surface area contributed by atoms with E-state index in [1.54, 1.807) is 25.5 Å². The van der Waals surface area contributed by atoms with Gasteiger partial charge in [-0.2, -0.15) is 5.10 Å². The van der Waals surface area contributed by atoms with Gasteiger partial charge in [0.1, 0.15) is 5.69 Å². The van der Waals surface area contributed by atoms with E-state index in [1.807, 2.05) is 23.6 Å². The molecule has 40 heavy (non-hydrogen) atoms. The zero-order valence-electron chi connectivity index (χ0n) is 22.9. The number of ether oxygens (including phenoxy) is 1. The van der Waals surface area contributed by atoms with Crippen LogP contribution in [0.4, 0.5) is 16.2 Å². The summed E-state index contributed by atoms with van der Waals surface area (Å²) in [4.78, 5) is 33.3. The van der Waals surface area contributed by atoms with E-state index in [0.29, 0.717) is 54.2 Å². The number of hydrogen-bond acceptors (Lipinski definition) is 9. The number of pyridine rings is 1. The van der Waals surface area contributed by atoms with Crippen molar-refractivity contribution >= 4 is 29.0 Å². The van der Waals surface area contributed by atoms with Crippen molar-refractivity contribution in [2.24, 2.45) is 0 Å². The number of anilines is 2. The molecule has 4 heterocycles. The fraction of sp³-hybridized carbons (Fsp3) is 0.464. The van der Waals surface area contributed by atoms with Gasteiger partial charge in [0.2, 0.25) is 5.89 Å². The largest absolute Gasteiger partial charge is 0.466 e. The third-order valence-electron chi connectivity index (χ3n) is 7.03. The van der Waals surface area contributed by atoms with E-state index < -0.39 is 0 Å². The standard InChI is InChI=1S/C28H34N8O4/c1-3-39-24(37)12-6-4-5-11-23-34-35-27(40-23)25-18(2)15-20(16-30-25)32-28(38)33-21-17-29-22-13-14-31-36(22)26(21)19-9-7-8-10-19/h13-17,19H,3-12H2,1-2H3,(H2,32,33,38). The van der Waals surface area contributed by atoms with Crippen LogP contribution in [0.2, 0.25) is 0 Å². The first-order chi connectivity index (χ1) is 19.5. The van der Waals surface area contributed by atoms with Crippen molar-refractivity contribution in [3.8, 4) is 11.6 Å². The number of aromatic nitrogens is 6. The molecule has 1 aliphatic carbocycles. The minimum absolute atomic E-state index is 0.166. The third kappa shape index (κ3) is 6.44. The smallest absolute Gasteiger partial charge is 0.323 e. The number of nitrogens with zero attached hydrogens (tertiary/aromatic N) is 6. The van der Waals surface area contributed by atoms with E-state index in [0.717, 1.165) is 61.9 Å². The number of esters is 1. The lowest BCUT2D eigenvalue weighted by atomic mass is 10.0. The van der Waals surface area contributed by atoms with E-state index in [-0.39, 0.29) is 12.0 Å². The molecule has 1 aliphatic rings. The van der Waals surface area contributed by atoms with E-state index in [9.17, 15) is 9.59 Å². The summed E-state index contributed by atoms with van der Waals surface area (Å²) in [7, 11) is 0. The van der Waals surface area contributed by atoms with Gasteiger partial charge in [0, 0.05) is 24.8 Å². The molecule has 12 heteroatoms. The highest BCUT2D eigenvalue weighted by molar-refractivity contribution is 6.00. The van der Waals surface area contributed by atoms with Crippen LogP contribution in [0.15, 0.2) is 35.1 Å². The Balaban J connectivity index is 1.18. The summed E-state index contributed by atoms with van der Waals surface area (Å²) in [5.41, 5.74) is 4.29. The molecule has 210 valence electrons. The molecule has 1 fully saturated rings. The van der Waals surface area contributed by atoms with Crippen molar-refractivity contribution in [2.75, 3.05) is 17.2 Å². The number of rotatable bonds is 11. The highest BCUT2D eigenvalue weighted by Crippen LogP contribution is 2.37. The zero-order valence-corrected chi connectivity index (χ0v) is 22.9. The molecule has 0 saturated heterocycles. The summed E-state index contributed by atoms with van der Waals surface area (Å²) < 4.78 is 12.6. The zero-order chi connectivity index (χ0) is 27.9. The number of unbranched alkanes of at least 4 members (excludes halogenated alkanes) is 2. The van der Waals surface area contributed by atoms with Gasteiger partial charge < -0.3 is 19.8 Å². The van der Waals surface area contributed by atoms with Gasteiger partial charge in [0.05, 0.1) is 42.3 Å². The Bertz CT molecular complexity index is 1470. The van der Waals surface area contributed by atoms with Crippen molar-refractivity contribution in [1.82, 2.24) is 29.8 Å². The molecule has 0 atom stereocenters. The average Bonchev–Trinajstić information content (AvgIpc) is 3.71. The van der Waals surface area contributed by atoms with E-state index in [4.69, 9.17) is 9.15 Å². The van der Waals surface area contributed by atoms with Gasteiger partial charge in [-0.1, -0.05) is 19.3 Å². The Morgan fingerprint density at radius 3 is 2.75 bits per heavy atom. The molecule has 2 amide bonds. The Morgan fingerprint density at radius 1 is 1.10 bits per heavy atom. The summed E-state index contributed by atoms with van der Waals surface area (Å²) in [6.45, 7) is 4.08. The van der Waals surface area contributed by atoms with Gasteiger partial charge >= 0.3 is 12.0 Å². The van der Waals surface area contributed by atoms with Crippen LogP contribution in [0.5, 0.6) is 0 Å². The number of carbonyl (C=O) groups is 2. The molecule has 0 unspecified atom stereocenters. The normalized spacial score (nSPS) is 13.6. The van der Waals surface area contributed by atoms with Crippen molar-refractivity contribution in [3.05, 3.63) is 47.9 Å². The number of nitrogens with one attached hydrogen (secondary N) is 2. The van der Waals surface area contributed by atoms with Crippen molar-refractivity contribution in [3.63, 3.8) is 0 Å². The maximum atomic E-state index is 12.9. The molecule has 0 aromatic carbocycles. The monoisotopic (exact) mass is 546 g/mol. The first kappa shape index (κ1) is 27.2. The van der Waals surface area contributed by atoms with Crippen LogP contribution in [-0.4, -0.2) is 48.4 Å². The van der Waals surface area contributed by atoms with Crippen molar-refractivity contribution < 1.29 is 18.7 Å². The first-order valence-corrected chi connectivity index (χ1v) is 13.9. The van der Waals surface area contributed by atoms with Crippen molar-refractivity contribution in [2.45, 2.75) is 77.6 Å². The molecular formula is C28H34N8O4. The molecule has 5 rings (SSSR count). The molecule has 12 nitrogen and oxygen atoms in total. The maximum Gasteiger partial charge on any atom is 0.323 e. The molecule has 4 aromatic heterocycles. The Morgan fingerprint density at radius 2 is 1.95 bits per heavy atom. The van der Waals surface area contributed by atoms with Gasteiger partial charge in [-0.25, -0.2) is 19.3 Å². The van der Waals surface area contributed by atoms with Gasteiger partial charge in [-0.3, -0.25) is 4.79 Å². The molecule has 0 aliphatic heterocycles. The SMILES string of the molecule is CCOC(=O)CCCCCc1nnc(-c2ncc(NC(=O)Nc3cnc4ccnn4c3C3CCCC3)cc2C)o1. The molecule has 0 radical (unpaired) electrons. The Labute approximate surface area is 231 Å². The third-order valence-corrected chi connectivity index (χ3v) is 7.03. The summed E-state index contributed by atoms with van der Waals surface area (Å²) in [5, 5.41) is 18.5. The van der Waals surface area contributed by atoms with Gasteiger partial charge in [-0.15, -0.1) is 10.2 Å². The predicted octanol–water partition coefficient (Wildman–Crippen LogP) is 5.45. The Hall–Kier alpha value is -4.35. The van der Waals surface area contributed by atoms with Crippen LogP contribution in [0, 0.1) is 6.92 Å². The highest BCUT2D eigenvalue weighted by atomic mass is 16.5. The van der Waals surface area contributed by atoms with Crippen LogP contribution >= 0.6 is 0 Å². The van der Waals surface area contributed by atoms with Crippen LogP contribution in [0.3, 0.4) is 0 Å². The van der Waals surface area contributed by atoms with E-state index in [1.165, 1.54) is 0 Å². The topological polar surface area (TPSA) is 149 Å². The molecule has 2 N–H and O–H groups in total. The average molecular weight is 547 g/mol. The number of fused-ring (bicyclic) bond motifs is 1. The van der Waals surface area contributed by atoms with E-state index in [2.05, 4.69) is 35.9 Å². The highest BCUT2D eigenvalue weighted by Gasteiger charge is 2.25. The first-order valence-electron chi connectivity index (χ1n) is 13.9.